The Morgan fingerprint density at radius 3 is 1.43 bits per heavy atom. The van der Waals surface area contributed by atoms with Gasteiger partial charge >= 0.3 is 0 Å². The molecule has 0 aliphatic carbocycles. The van der Waals surface area contributed by atoms with Crippen LogP contribution in [0.15, 0.2) is 0 Å². The topological polar surface area (TPSA) is 71.4 Å². The summed E-state index contributed by atoms with van der Waals surface area (Å²) in [5.74, 6) is 0. The third-order valence-electron chi connectivity index (χ3n) is 0. The standard InChI is InChI=1S/CH4O3S.HOP/c1-5(2,3)4;1-2/h1H3,(H,2,3,4);2H. The van der Waals surface area contributed by atoms with Crippen LogP contribution >= 0.6 is 9.12 Å². The van der Waals surface area contributed by atoms with Gasteiger partial charge in [-0.15, -0.1) is 0 Å². The molecule has 1 N–H and O–H groups in total. The highest BCUT2D eigenvalue weighted by atomic mass is 32.2. The first-order chi connectivity index (χ1) is 3.00. The quantitative estimate of drug-likeness (QED) is 0.383. The molecule has 0 spiro atoms. The summed E-state index contributed by atoms with van der Waals surface area (Å²) in [4.78, 5) is 0. The van der Waals surface area contributed by atoms with Crippen LogP contribution < -0.4 is 0 Å². The van der Waals surface area contributed by atoms with E-state index in [1.807, 2.05) is 0 Å². The molecule has 0 radical (unpaired) electrons. The van der Waals surface area contributed by atoms with Crippen molar-refractivity contribution in [1.29, 1.82) is 0 Å². The highest BCUT2D eigenvalue weighted by molar-refractivity contribution is 7.85. The Balaban J connectivity index is 0. The molecule has 0 unspecified atom stereocenters. The minimum Gasteiger partial charge on any atom is -0.286 e. The Kier molecular flexibility index (Phi) is 6.02. The number of hydrogen-bond donors (Lipinski definition) is 1. The highest BCUT2D eigenvalue weighted by Crippen LogP contribution is 1.60. The molecule has 0 aliphatic rings. The van der Waals surface area contributed by atoms with Gasteiger partial charge in [0.05, 0.1) is 6.26 Å². The largest absolute Gasteiger partial charge is 0.286 e. The van der Waals surface area contributed by atoms with E-state index in [1.165, 1.54) is 0 Å². The molecule has 0 amide bonds. The van der Waals surface area contributed by atoms with Crippen molar-refractivity contribution in [2.75, 3.05) is 6.26 Å². The lowest BCUT2D eigenvalue weighted by atomic mass is 12.0. The van der Waals surface area contributed by atoms with Crippen LogP contribution in [-0.4, -0.2) is 19.2 Å². The Bertz CT molecular complexity index is 106. The molecule has 44 valence electrons. The predicted molar refractivity (Wildman–Crippen MR) is 26.5 cm³/mol. The van der Waals surface area contributed by atoms with Crippen molar-refractivity contribution in [2.45, 2.75) is 0 Å². The number of hydrogen-bond acceptors (Lipinski definition) is 3. The van der Waals surface area contributed by atoms with Gasteiger partial charge in [0, 0.05) is 0 Å². The van der Waals surface area contributed by atoms with E-state index in [2.05, 4.69) is 0 Å². The van der Waals surface area contributed by atoms with Gasteiger partial charge in [-0.2, -0.15) is 8.42 Å². The second kappa shape index (κ2) is 4.18. The van der Waals surface area contributed by atoms with Gasteiger partial charge < -0.3 is 0 Å². The smallest absolute Gasteiger partial charge is 0.261 e. The fraction of sp³-hybridized carbons (Fsp3) is 1.00. The third kappa shape index (κ3) is 966000. The van der Waals surface area contributed by atoms with Crippen molar-refractivity contribution >= 4 is 19.2 Å². The van der Waals surface area contributed by atoms with Gasteiger partial charge in [0.1, 0.15) is 9.12 Å². The Morgan fingerprint density at radius 1 is 1.43 bits per heavy atom. The van der Waals surface area contributed by atoms with Gasteiger partial charge in [-0.3, -0.25) is 9.12 Å². The van der Waals surface area contributed by atoms with Crippen molar-refractivity contribution in [3.8, 4) is 0 Å². The van der Waals surface area contributed by atoms with Gasteiger partial charge in [0.15, 0.2) is 0 Å². The maximum atomic E-state index is 9.19. The van der Waals surface area contributed by atoms with Gasteiger partial charge in [-0.25, -0.2) is 0 Å². The van der Waals surface area contributed by atoms with Crippen LogP contribution in [0.3, 0.4) is 0 Å². The summed E-state index contributed by atoms with van der Waals surface area (Å²) in [6, 6.07) is 0. The molecule has 0 heterocycles. The van der Waals surface area contributed by atoms with Gasteiger partial charge in [-0.1, -0.05) is 0 Å². The average molecular weight is 144 g/mol. The molecule has 0 rings (SSSR count). The molecular formula is CH5O4PS. The number of rotatable bonds is 0. The molecule has 7 heavy (non-hydrogen) atoms. The van der Waals surface area contributed by atoms with E-state index in [1.54, 1.807) is 9.12 Å². The van der Waals surface area contributed by atoms with Crippen LogP contribution in [0.4, 0.5) is 0 Å². The summed E-state index contributed by atoms with van der Waals surface area (Å²) in [5, 5.41) is 0. The molecule has 0 bridgehead atoms. The summed E-state index contributed by atoms with van der Waals surface area (Å²) in [6.45, 7) is 0. The lowest BCUT2D eigenvalue weighted by molar-refractivity contribution is 0.490. The van der Waals surface area contributed by atoms with Crippen molar-refractivity contribution in [2.24, 2.45) is 0 Å². The van der Waals surface area contributed by atoms with Crippen LogP contribution in [0, 0.1) is 0 Å². The van der Waals surface area contributed by atoms with E-state index in [9.17, 15) is 8.42 Å². The molecule has 6 heteroatoms. The molecule has 0 aromatic carbocycles. The zero-order valence-electron chi connectivity index (χ0n) is 3.58. The fourth-order valence-corrected chi connectivity index (χ4v) is 0. The Labute approximate surface area is 43.9 Å². The van der Waals surface area contributed by atoms with E-state index < -0.39 is 10.1 Å². The molecule has 0 saturated carbocycles. The Morgan fingerprint density at radius 2 is 1.43 bits per heavy atom. The zero-order valence-corrected chi connectivity index (χ0v) is 5.40. The Hall–Kier alpha value is 0.01000. The van der Waals surface area contributed by atoms with E-state index in [-0.39, 0.29) is 0 Å². The zero-order chi connectivity index (χ0) is 6.50. The SMILES string of the molecule is CS(=O)(=O)O.O=P. The van der Waals surface area contributed by atoms with Crippen LogP contribution in [0.2, 0.25) is 0 Å². The molecule has 0 fully saturated rings. The van der Waals surface area contributed by atoms with Crippen LogP contribution in [-0.2, 0) is 14.7 Å². The lowest BCUT2D eigenvalue weighted by Crippen LogP contribution is -1.88. The molecule has 0 atom stereocenters. The fourth-order valence-electron chi connectivity index (χ4n) is 0. The summed E-state index contributed by atoms with van der Waals surface area (Å²) in [6.07, 6.45) is 0.715. The maximum Gasteiger partial charge on any atom is 0.261 e. The molecule has 0 saturated heterocycles. The van der Waals surface area contributed by atoms with E-state index in [0.29, 0.717) is 6.26 Å². The molecule has 0 aromatic heterocycles. The molecule has 4 nitrogen and oxygen atoms in total. The first-order valence-electron chi connectivity index (χ1n) is 1.13. The van der Waals surface area contributed by atoms with Crippen molar-refractivity contribution in [3.05, 3.63) is 0 Å². The summed E-state index contributed by atoms with van der Waals surface area (Å²) in [5.41, 5.74) is 0. The first kappa shape index (κ1) is 10.1. The second-order valence-corrected chi connectivity index (χ2v) is 2.20. The predicted octanol–water partition coefficient (Wildman–Crippen LogP) is -0.0213. The first-order valence-corrected chi connectivity index (χ1v) is 3.38. The van der Waals surface area contributed by atoms with Crippen LogP contribution in [0.25, 0.3) is 0 Å². The van der Waals surface area contributed by atoms with Crippen molar-refractivity contribution in [3.63, 3.8) is 0 Å². The average Bonchev–Trinajstić information content (AvgIpc) is 1.36. The molecule has 0 aromatic rings. The normalized spacial score (nSPS) is 8.86. The summed E-state index contributed by atoms with van der Waals surface area (Å²) >= 11 is 0. The van der Waals surface area contributed by atoms with Gasteiger partial charge in [0.2, 0.25) is 0 Å². The minimum atomic E-state index is -3.67. The molecular weight excluding hydrogens is 139 g/mol. The van der Waals surface area contributed by atoms with E-state index >= 15 is 0 Å². The van der Waals surface area contributed by atoms with E-state index in [4.69, 9.17) is 9.12 Å². The lowest BCUT2D eigenvalue weighted by Gasteiger charge is -1.69. The van der Waals surface area contributed by atoms with E-state index in [0.717, 1.165) is 0 Å². The minimum absolute atomic E-state index is 0.715. The van der Waals surface area contributed by atoms with Crippen LogP contribution in [0.5, 0.6) is 0 Å². The van der Waals surface area contributed by atoms with Crippen molar-refractivity contribution in [1.82, 2.24) is 0 Å². The van der Waals surface area contributed by atoms with Gasteiger partial charge in [-0.05, 0) is 0 Å². The third-order valence-corrected chi connectivity index (χ3v) is 0. The van der Waals surface area contributed by atoms with Crippen LogP contribution in [0.1, 0.15) is 0 Å². The summed E-state index contributed by atoms with van der Waals surface area (Å²) < 4.78 is 33.9. The van der Waals surface area contributed by atoms with Crippen molar-refractivity contribution < 1.29 is 17.5 Å². The maximum absolute atomic E-state index is 9.19. The monoisotopic (exact) mass is 144 g/mol. The van der Waals surface area contributed by atoms with Gasteiger partial charge in [0.25, 0.3) is 10.1 Å². The summed E-state index contributed by atoms with van der Waals surface area (Å²) in [7, 11) is -1.94. The second-order valence-electron chi connectivity index (χ2n) is 0.733. The highest BCUT2D eigenvalue weighted by Gasteiger charge is 1.81. The molecule has 0 aliphatic heterocycles.